The molecule has 108 valence electrons. The smallest absolute Gasteiger partial charge is 0.0278 e. The molecule has 0 aliphatic carbocycles. The third-order valence-electron chi connectivity index (χ3n) is 3.36. The fraction of sp³-hybridized carbons (Fsp3) is 0.0500. The number of aromatic nitrogens is 1. The average molecular weight is 303 g/mol. The standard InChI is InChI=1S/C20H17NS/c1-3-7-17(8-4-1)20(18-9-5-2-6-10-18)13-16-22-19-11-14-21-15-12-19/h1-15H,16H2. The minimum Gasteiger partial charge on any atom is -0.265 e. The molecule has 1 nitrogen and oxygen atoms in total. The Labute approximate surface area is 135 Å². The van der Waals surface area contributed by atoms with Gasteiger partial charge in [-0.2, -0.15) is 0 Å². The minimum atomic E-state index is 0.934. The van der Waals surface area contributed by atoms with Gasteiger partial charge < -0.3 is 0 Å². The summed E-state index contributed by atoms with van der Waals surface area (Å²) >= 11 is 1.82. The van der Waals surface area contributed by atoms with Crippen LogP contribution in [0.2, 0.25) is 0 Å². The molecule has 22 heavy (non-hydrogen) atoms. The van der Waals surface area contributed by atoms with Crippen molar-refractivity contribution in [2.75, 3.05) is 5.75 Å². The number of benzene rings is 2. The van der Waals surface area contributed by atoms with Gasteiger partial charge in [0.1, 0.15) is 0 Å². The molecule has 0 aliphatic heterocycles. The van der Waals surface area contributed by atoms with Gasteiger partial charge in [0.15, 0.2) is 0 Å². The number of pyridine rings is 1. The van der Waals surface area contributed by atoms with Gasteiger partial charge in [-0.3, -0.25) is 4.98 Å². The second-order valence-corrected chi connectivity index (χ2v) is 5.94. The lowest BCUT2D eigenvalue weighted by Crippen LogP contribution is -1.89. The summed E-state index contributed by atoms with van der Waals surface area (Å²) in [7, 11) is 0. The van der Waals surface area contributed by atoms with Crippen LogP contribution in [0.15, 0.2) is 96.2 Å². The molecule has 0 fully saturated rings. The average Bonchev–Trinajstić information content (AvgIpc) is 2.61. The van der Waals surface area contributed by atoms with Crippen LogP contribution < -0.4 is 0 Å². The molecular formula is C20H17NS. The van der Waals surface area contributed by atoms with Crippen LogP contribution >= 0.6 is 11.8 Å². The van der Waals surface area contributed by atoms with E-state index in [1.807, 2.05) is 36.3 Å². The fourth-order valence-electron chi connectivity index (χ4n) is 2.29. The summed E-state index contributed by atoms with van der Waals surface area (Å²) in [6.07, 6.45) is 5.97. The molecule has 0 saturated heterocycles. The Kier molecular flexibility index (Phi) is 5.06. The highest BCUT2D eigenvalue weighted by atomic mass is 32.2. The molecule has 0 aliphatic rings. The van der Waals surface area contributed by atoms with Crippen molar-refractivity contribution < 1.29 is 0 Å². The monoisotopic (exact) mass is 303 g/mol. The summed E-state index contributed by atoms with van der Waals surface area (Å²) in [6.45, 7) is 0. The predicted molar refractivity (Wildman–Crippen MR) is 94.9 cm³/mol. The van der Waals surface area contributed by atoms with Crippen molar-refractivity contribution in [2.24, 2.45) is 0 Å². The van der Waals surface area contributed by atoms with Crippen LogP contribution in [0.4, 0.5) is 0 Å². The number of hydrogen-bond donors (Lipinski definition) is 0. The SMILES string of the molecule is C(CSc1ccncc1)=C(c1ccccc1)c1ccccc1. The molecule has 0 unspecified atom stereocenters. The Morgan fingerprint density at radius 3 is 1.86 bits per heavy atom. The van der Waals surface area contributed by atoms with E-state index in [0.717, 1.165) is 5.75 Å². The first kappa shape index (κ1) is 14.6. The molecule has 1 aromatic heterocycles. The van der Waals surface area contributed by atoms with E-state index in [0.29, 0.717) is 0 Å². The van der Waals surface area contributed by atoms with Crippen LogP contribution in [-0.4, -0.2) is 10.7 Å². The molecule has 0 saturated carbocycles. The molecule has 0 bridgehead atoms. The van der Waals surface area contributed by atoms with Crippen molar-refractivity contribution in [2.45, 2.75) is 4.90 Å². The maximum absolute atomic E-state index is 4.05. The van der Waals surface area contributed by atoms with Crippen LogP contribution in [0.5, 0.6) is 0 Å². The van der Waals surface area contributed by atoms with Crippen molar-refractivity contribution >= 4 is 17.3 Å². The van der Waals surface area contributed by atoms with Crippen LogP contribution in [0, 0.1) is 0 Å². The van der Waals surface area contributed by atoms with E-state index < -0.39 is 0 Å². The highest BCUT2D eigenvalue weighted by Crippen LogP contribution is 2.25. The first-order valence-corrected chi connectivity index (χ1v) is 8.26. The second-order valence-electron chi connectivity index (χ2n) is 4.84. The highest BCUT2D eigenvalue weighted by molar-refractivity contribution is 7.99. The zero-order valence-electron chi connectivity index (χ0n) is 12.2. The van der Waals surface area contributed by atoms with E-state index in [2.05, 4.69) is 71.7 Å². The Balaban J connectivity index is 1.84. The van der Waals surface area contributed by atoms with Crippen molar-refractivity contribution in [1.82, 2.24) is 4.98 Å². The number of hydrogen-bond acceptors (Lipinski definition) is 2. The van der Waals surface area contributed by atoms with Crippen LogP contribution in [0.3, 0.4) is 0 Å². The topological polar surface area (TPSA) is 12.9 Å². The van der Waals surface area contributed by atoms with E-state index in [1.165, 1.54) is 21.6 Å². The molecule has 2 aromatic carbocycles. The third-order valence-corrected chi connectivity index (χ3v) is 4.30. The third kappa shape index (κ3) is 3.86. The van der Waals surface area contributed by atoms with Gasteiger partial charge >= 0.3 is 0 Å². The Bertz CT molecular complexity index is 680. The minimum absolute atomic E-state index is 0.934. The largest absolute Gasteiger partial charge is 0.265 e. The van der Waals surface area contributed by atoms with Crippen molar-refractivity contribution in [3.63, 3.8) is 0 Å². The first-order chi connectivity index (χ1) is 10.9. The molecule has 0 amide bonds. The lowest BCUT2D eigenvalue weighted by Gasteiger charge is -2.08. The van der Waals surface area contributed by atoms with Crippen molar-refractivity contribution in [3.8, 4) is 0 Å². The Morgan fingerprint density at radius 1 is 0.773 bits per heavy atom. The van der Waals surface area contributed by atoms with Crippen LogP contribution in [0.1, 0.15) is 11.1 Å². The summed E-state index contributed by atoms with van der Waals surface area (Å²) in [4.78, 5) is 5.30. The van der Waals surface area contributed by atoms with Gasteiger partial charge in [-0.1, -0.05) is 66.7 Å². The van der Waals surface area contributed by atoms with E-state index in [9.17, 15) is 0 Å². The van der Waals surface area contributed by atoms with Gasteiger partial charge in [-0.05, 0) is 28.8 Å². The van der Waals surface area contributed by atoms with Crippen molar-refractivity contribution in [3.05, 3.63) is 102 Å². The molecule has 2 heteroatoms. The number of nitrogens with zero attached hydrogens (tertiary/aromatic N) is 1. The molecule has 0 spiro atoms. The van der Waals surface area contributed by atoms with Crippen molar-refractivity contribution in [1.29, 1.82) is 0 Å². The normalized spacial score (nSPS) is 10.2. The molecular weight excluding hydrogens is 286 g/mol. The van der Waals surface area contributed by atoms with Crippen LogP contribution in [-0.2, 0) is 0 Å². The predicted octanol–water partition coefficient (Wildman–Crippen LogP) is 5.31. The summed E-state index contributed by atoms with van der Waals surface area (Å²) < 4.78 is 0. The van der Waals surface area contributed by atoms with Gasteiger partial charge in [-0.25, -0.2) is 0 Å². The number of thioether (sulfide) groups is 1. The van der Waals surface area contributed by atoms with Gasteiger partial charge in [-0.15, -0.1) is 11.8 Å². The summed E-state index contributed by atoms with van der Waals surface area (Å²) in [5, 5.41) is 0. The van der Waals surface area contributed by atoms with E-state index in [1.54, 1.807) is 0 Å². The number of rotatable bonds is 5. The Morgan fingerprint density at radius 2 is 1.32 bits per heavy atom. The van der Waals surface area contributed by atoms with E-state index in [4.69, 9.17) is 0 Å². The lowest BCUT2D eigenvalue weighted by atomic mass is 9.98. The summed E-state index contributed by atoms with van der Waals surface area (Å²) in [6, 6.07) is 25.2. The van der Waals surface area contributed by atoms with Gasteiger partial charge in [0.2, 0.25) is 0 Å². The maximum atomic E-state index is 4.05. The highest BCUT2D eigenvalue weighted by Gasteiger charge is 2.03. The van der Waals surface area contributed by atoms with Gasteiger partial charge in [0.05, 0.1) is 0 Å². The van der Waals surface area contributed by atoms with E-state index >= 15 is 0 Å². The maximum Gasteiger partial charge on any atom is 0.0278 e. The molecule has 1 heterocycles. The molecule has 3 rings (SSSR count). The molecule has 0 atom stereocenters. The molecule has 0 radical (unpaired) electrons. The second kappa shape index (κ2) is 7.62. The Hall–Kier alpha value is -2.32. The fourth-order valence-corrected chi connectivity index (χ4v) is 3.05. The first-order valence-electron chi connectivity index (χ1n) is 7.27. The zero-order chi connectivity index (χ0) is 15.0. The molecule has 0 N–H and O–H groups in total. The van der Waals surface area contributed by atoms with Crippen LogP contribution in [0.25, 0.3) is 5.57 Å². The quantitative estimate of drug-likeness (QED) is 0.593. The zero-order valence-corrected chi connectivity index (χ0v) is 13.0. The van der Waals surface area contributed by atoms with Gasteiger partial charge in [0.25, 0.3) is 0 Å². The lowest BCUT2D eigenvalue weighted by molar-refractivity contribution is 1.26. The van der Waals surface area contributed by atoms with E-state index in [-0.39, 0.29) is 0 Å². The molecule has 3 aromatic rings. The van der Waals surface area contributed by atoms with Gasteiger partial charge in [0, 0.05) is 23.0 Å². The summed E-state index contributed by atoms with van der Waals surface area (Å²) in [5.74, 6) is 0.934. The summed E-state index contributed by atoms with van der Waals surface area (Å²) in [5.41, 5.74) is 3.79.